The lowest BCUT2D eigenvalue weighted by atomic mass is 9.82. The summed E-state index contributed by atoms with van der Waals surface area (Å²) in [4.78, 5) is 2.80. The summed E-state index contributed by atoms with van der Waals surface area (Å²) in [6, 6.07) is 1.55. The molecule has 0 aromatic heterocycles. The Bertz CT molecular complexity index is 221. The van der Waals surface area contributed by atoms with Gasteiger partial charge in [0.15, 0.2) is 0 Å². The smallest absolute Gasteiger partial charge is 0.0247 e. The van der Waals surface area contributed by atoms with Gasteiger partial charge in [-0.3, -0.25) is 4.90 Å². The van der Waals surface area contributed by atoms with Gasteiger partial charge in [-0.05, 0) is 31.6 Å². The fraction of sp³-hybridized carbons (Fsp3) is 1.00. The van der Waals surface area contributed by atoms with Crippen molar-refractivity contribution in [2.75, 3.05) is 19.6 Å². The number of hydrogen-bond acceptors (Lipinski definition) is 2. The van der Waals surface area contributed by atoms with Crippen LogP contribution < -0.4 is 5.32 Å². The van der Waals surface area contributed by atoms with E-state index in [-0.39, 0.29) is 0 Å². The average Bonchev–Trinajstić information content (AvgIpc) is 2.39. The number of rotatable bonds is 3. The molecular formula is C15H30N2. The highest BCUT2D eigenvalue weighted by molar-refractivity contribution is 4.88. The molecule has 2 fully saturated rings. The molecule has 17 heavy (non-hydrogen) atoms. The molecule has 0 aromatic rings. The molecular weight excluding hydrogens is 208 g/mol. The van der Waals surface area contributed by atoms with E-state index < -0.39 is 0 Å². The Morgan fingerprint density at radius 3 is 2.41 bits per heavy atom. The van der Waals surface area contributed by atoms with Crippen molar-refractivity contribution in [3.63, 3.8) is 0 Å². The van der Waals surface area contributed by atoms with Crippen LogP contribution in [0, 0.1) is 11.8 Å². The highest BCUT2D eigenvalue weighted by Crippen LogP contribution is 2.31. The molecule has 1 aliphatic heterocycles. The predicted octanol–water partition coefficient (Wildman–Crippen LogP) is 2.89. The first-order valence-electron chi connectivity index (χ1n) is 7.66. The minimum absolute atomic E-state index is 0.751. The van der Waals surface area contributed by atoms with Gasteiger partial charge in [-0.1, -0.05) is 33.1 Å². The zero-order valence-electron chi connectivity index (χ0n) is 11.9. The average molecular weight is 238 g/mol. The van der Waals surface area contributed by atoms with Crippen molar-refractivity contribution in [2.24, 2.45) is 11.8 Å². The van der Waals surface area contributed by atoms with Crippen molar-refractivity contribution in [1.29, 1.82) is 0 Å². The van der Waals surface area contributed by atoms with Crippen LogP contribution in [0.15, 0.2) is 0 Å². The monoisotopic (exact) mass is 238 g/mol. The first-order chi connectivity index (χ1) is 8.20. The normalized spacial score (nSPS) is 30.7. The Morgan fingerprint density at radius 1 is 1.06 bits per heavy atom. The second-order valence-corrected chi connectivity index (χ2v) is 6.39. The van der Waals surface area contributed by atoms with Crippen molar-refractivity contribution >= 4 is 0 Å². The summed E-state index contributed by atoms with van der Waals surface area (Å²) in [5.41, 5.74) is 0. The molecule has 0 radical (unpaired) electrons. The third-order valence-electron chi connectivity index (χ3n) is 4.95. The zero-order chi connectivity index (χ0) is 12.3. The van der Waals surface area contributed by atoms with Crippen molar-refractivity contribution in [1.82, 2.24) is 10.2 Å². The number of nitrogens with one attached hydrogen (secondary N) is 1. The summed E-state index contributed by atoms with van der Waals surface area (Å²) in [6.07, 6.45) is 7.34. The van der Waals surface area contributed by atoms with Gasteiger partial charge in [0.05, 0.1) is 0 Å². The number of hydrogen-bond donors (Lipinski definition) is 1. The maximum atomic E-state index is 3.56. The van der Waals surface area contributed by atoms with Crippen LogP contribution in [0.2, 0.25) is 0 Å². The van der Waals surface area contributed by atoms with Gasteiger partial charge in [-0.25, -0.2) is 0 Å². The molecule has 1 heterocycles. The molecule has 2 aliphatic rings. The van der Waals surface area contributed by atoms with Crippen molar-refractivity contribution in [2.45, 2.75) is 65.0 Å². The van der Waals surface area contributed by atoms with E-state index in [1.165, 1.54) is 51.7 Å². The molecule has 0 aromatic carbocycles. The number of nitrogens with zero attached hydrogens (tertiary/aromatic N) is 1. The lowest BCUT2D eigenvalue weighted by Crippen LogP contribution is -2.58. The maximum Gasteiger partial charge on any atom is 0.0247 e. The van der Waals surface area contributed by atoms with E-state index in [1.807, 2.05) is 0 Å². The molecule has 0 bridgehead atoms. The Hall–Kier alpha value is -0.0800. The topological polar surface area (TPSA) is 15.3 Å². The summed E-state index contributed by atoms with van der Waals surface area (Å²) in [7, 11) is 0. The van der Waals surface area contributed by atoms with Crippen molar-refractivity contribution in [3.05, 3.63) is 0 Å². The van der Waals surface area contributed by atoms with Gasteiger partial charge in [0.25, 0.3) is 0 Å². The summed E-state index contributed by atoms with van der Waals surface area (Å²) in [5, 5.41) is 3.56. The number of piperazine rings is 1. The summed E-state index contributed by atoms with van der Waals surface area (Å²) in [5.74, 6) is 1.73. The van der Waals surface area contributed by atoms with E-state index in [1.54, 1.807) is 0 Å². The van der Waals surface area contributed by atoms with Crippen molar-refractivity contribution < 1.29 is 0 Å². The molecule has 2 nitrogen and oxygen atoms in total. The molecule has 1 saturated heterocycles. The van der Waals surface area contributed by atoms with E-state index in [9.17, 15) is 0 Å². The molecule has 1 aliphatic carbocycles. The molecule has 0 spiro atoms. The van der Waals surface area contributed by atoms with Crippen LogP contribution in [-0.2, 0) is 0 Å². The van der Waals surface area contributed by atoms with Crippen LogP contribution in [-0.4, -0.2) is 36.6 Å². The largest absolute Gasteiger partial charge is 0.314 e. The maximum absolute atomic E-state index is 3.56. The van der Waals surface area contributed by atoms with Crippen LogP contribution in [0.3, 0.4) is 0 Å². The molecule has 2 unspecified atom stereocenters. The molecule has 1 saturated carbocycles. The highest BCUT2D eigenvalue weighted by Gasteiger charge is 2.32. The van der Waals surface area contributed by atoms with Gasteiger partial charge in [0.2, 0.25) is 0 Å². The van der Waals surface area contributed by atoms with Gasteiger partial charge in [0.1, 0.15) is 0 Å². The van der Waals surface area contributed by atoms with E-state index in [2.05, 4.69) is 31.0 Å². The fourth-order valence-corrected chi connectivity index (χ4v) is 3.75. The molecule has 2 heteroatoms. The third-order valence-corrected chi connectivity index (χ3v) is 4.95. The molecule has 1 N–H and O–H groups in total. The van der Waals surface area contributed by atoms with Crippen LogP contribution in [0.5, 0.6) is 0 Å². The van der Waals surface area contributed by atoms with Gasteiger partial charge >= 0.3 is 0 Å². The minimum atomic E-state index is 0.751. The van der Waals surface area contributed by atoms with Crippen LogP contribution in [0.25, 0.3) is 0 Å². The minimum Gasteiger partial charge on any atom is -0.314 e. The second kappa shape index (κ2) is 6.19. The Balaban J connectivity index is 1.97. The van der Waals surface area contributed by atoms with E-state index in [0.717, 1.165) is 23.9 Å². The first kappa shape index (κ1) is 13.4. The second-order valence-electron chi connectivity index (χ2n) is 6.39. The zero-order valence-corrected chi connectivity index (χ0v) is 11.9. The first-order valence-corrected chi connectivity index (χ1v) is 7.66. The Kier molecular flexibility index (Phi) is 4.87. The van der Waals surface area contributed by atoms with Crippen LogP contribution in [0.1, 0.15) is 52.9 Å². The fourth-order valence-electron chi connectivity index (χ4n) is 3.75. The molecule has 100 valence electrons. The van der Waals surface area contributed by atoms with Crippen LogP contribution in [0.4, 0.5) is 0 Å². The summed E-state index contributed by atoms with van der Waals surface area (Å²) < 4.78 is 0. The highest BCUT2D eigenvalue weighted by atomic mass is 15.2. The van der Waals surface area contributed by atoms with E-state index >= 15 is 0 Å². The van der Waals surface area contributed by atoms with Gasteiger partial charge in [0, 0.05) is 31.7 Å². The summed E-state index contributed by atoms with van der Waals surface area (Å²) >= 11 is 0. The van der Waals surface area contributed by atoms with Gasteiger partial charge < -0.3 is 5.32 Å². The van der Waals surface area contributed by atoms with E-state index in [0.29, 0.717) is 0 Å². The van der Waals surface area contributed by atoms with Crippen molar-refractivity contribution in [3.8, 4) is 0 Å². The SMILES string of the molecule is CC(C)C1CNCCN1C(C)C1CCCCC1. The molecule has 0 amide bonds. The van der Waals surface area contributed by atoms with E-state index in [4.69, 9.17) is 0 Å². The standard InChI is InChI=1S/C15H30N2/c1-12(2)15-11-16-9-10-17(15)13(3)14-7-5-4-6-8-14/h12-16H,4-11H2,1-3H3. The quantitative estimate of drug-likeness (QED) is 0.813. The molecule has 2 rings (SSSR count). The summed E-state index contributed by atoms with van der Waals surface area (Å²) in [6.45, 7) is 10.8. The lowest BCUT2D eigenvalue weighted by molar-refractivity contribution is 0.0454. The Morgan fingerprint density at radius 2 is 1.76 bits per heavy atom. The lowest BCUT2D eigenvalue weighted by Gasteiger charge is -2.45. The van der Waals surface area contributed by atoms with Gasteiger partial charge in [-0.2, -0.15) is 0 Å². The Labute approximate surface area is 107 Å². The van der Waals surface area contributed by atoms with Gasteiger partial charge in [-0.15, -0.1) is 0 Å². The van der Waals surface area contributed by atoms with Crippen LogP contribution >= 0.6 is 0 Å². The molecule has 2 atom stereocenters. The third kappa shape index (κ3) is 3.23. The predicted molar refractivity (Wildman–Crippen MR) is 74.2 cm³/mol.